The Labute approximate surface area is 184 Å². The van der Waals surface area contributed by atoms with Gasteiger partial charge in [-0.05, 0) is 61.2 Å². The number of nitrogens with one attached hydrogen (secondary N) is 1. The van der Waals surface area contributed by atoms with Gasteiger partial charge in [0.05, 0.1) is 0 Å². The van der Waals surface area contributed by atoms with Crippen LogP contribution in [0, 0.1) is 0 Å². The number of halogens is 1. The maximum atomic E-state index is 12.8. The van der Waals surface area contributed by atoms with Gasteiger partial charge in [0.1, 0.15) is 6.04 Å². The zero-order valence-electron chi connectivity index (χ0n) is 16.6. The first-order chi connectivity index (χ1) is 14.5. The number of amides is 3. The quantitative estimate of drug-likeness (QED) is 0.728. The van der Waals surface area contributed by atoms with E-state index >= 15 is 0 Å². The van der Waals surface area contributed by atoms with Crippen LogP contribution < -0.4 is 10.2 Å². The van der Waals surface area contributed by atoms with Crippen LogP contribution in [-0.4, -0.2) is 41.8 Å². The average Bonchev–Trinajstić information content (AvgIpc) is 3.42. The van der Waals surface area contributed by atoms with E-state index in [9.17, 15) is 14.4 Å². The molecule has 6 nitrogen and oxygen atoms in total. The fourth-order valence-corrected chi connectivity index (χ4v) is 4.33. The van der Waals surface area contributed by atoms with Crippen molar-refractivity contribution in [3.63, 3.8) is 0 Å². The number of carbonyl (C=O) groups is 3. The molecule has 1 unspecified atom stereocenters. The summed E-state index contributed by atoms with van der Waals surface area (Å²) in [6.07, 6.45) is 2.99. The van der Waals surface area contributed by atoms with Crippen LogP contribution in [0.5, 0.6) is 0 Å². The second-order valence-corrected chi connectivity index (χ2v) is 8.61. The number of hydrogen-bond acceptors (Lipinski definition) is 3. The van der Waals surface area contributed by atoms with E-state index in [4.69, 9.17) is 0 Å². The molecule has 2 aliphatic rings. The van der Waals surface area contributed by atoms with Gasteiger partial charge in [0.25, 0.3) is 5.91 Å². The van der Waals surface area contributed by atoms with Crippen LogP contribution in [0.3, 0.4) is 0 Å². The van der Waals surface area contributed by atoms with Crippen molar-refractivity contribution in [3.05, 3.63) is 64.1 Å². The number of nitrogens with zero attached hydrogens (tertiary/aromatic N) is 2. The lowest BCUT2D eigenvalue weighted by atomic mass is 10.1. The number of anilines is 1. The molecule has 0 aromatic heterocycles. The van der Waals surface area contributed by atoms with Gasteiger partial charge in [-0.2, -0.15) is 0 Å². The Kier molecular flexibility index (Phi) is 6.18. The molecule has 2 heterocycles. The summed E-state index contributed by atoms with van der Waals surface area (Å²) in [6, 6.07) is 14.5. The monoisotopic (exact) mass is 469 g/mol. The largest absolute Gasteiger partial charge is 0.350 e. The third-order valence-electron chi connectivity index (χ3n) is 5.70. The Bertz CT molecular complexity index is 943. The predicted molar refractivity (Wildman–Crippen MR) is 118 cm³/mol. The number of benzene rings is 2. The van der Waals surface area contributed by atoms with E-state index in [-0.39, 0.29) is 17.7 Å². The van der Waals surface area contributed by atoms with Gasteiger partial charge in [-0.15, -0.1) is 0 Å². The molecule has 1 atom stereocenters. The summed E-state index contributed by atoms with van der Waals surface area (Å²) >= 11 is 3.37. The summed E-state index contributed by atoms with van der Waals surface area (Å²) in [4.78, 5) is 40.9. The third-order valence-corrected chi connectivity index (χ3v) is 6.22. The van der Waals surface area contributed by atoms with Crippen LogP contribution in [0.15, 0.2) is 53.0 Å². The van der Waals surface area contributed by atoms with Crippen molar-refractivity contribution in [1.29, 1.82) is 0 Å². The fraction of sp³-hybridized carbons (Fsp3) is 0.348. The Morgan fingerprint density at radius 1 is 1.00 bits per heavy atom. The highest BCUT2D eigenvalue weighted by Crippen LogP contribution is 2.23. The third kappa shape index (κ3) is 4.41. The van der Waals surface area contributed by atoms with Crippen LogP contribution in [0.4, 0.5) is 5.69 Å². The molecule has 4 rings (SSSR count). The SMILES string of the molecule is O=C(NCc1ccc(N2CCCC2=O)cc1)C1CCCN1C(=O)c1ccc(Br)cc1. The number of likely N-dealkylation sites (tertiary alicyclic amines) is 1. The molecular formula is C23H24BrN3O3. The standard InChI is InChI=1S/C23H24BrN3O3/c24-18-9-7-17(8-10-18)23(30)27-14-1-3-20(27)22(29)25-15-16-5-11-19(12-6-16)26-13-2-4-21(26)28/h5-12,20H,1-4,13-15H2,(H,25,29). The fourth-order valence-electron chi connectivity index (χ4n) is 4.06. The van der Waals surface area contributed by atoms with E-state index in [2.05, 4.69) is 21.2 Å². The second-order valence-electron chi connectivity index (χ2n) is 7.70. The van der Waals surface area contributed by atoms with Crippen molar-refractivity contribution in [2.24, 2.45) is 0 Å². The predicted octanol–water partition coefficient (Wildman–Crippen LogP) is 3.50. The minimum Gasteiger partial charge on any atom is -0.350 e. The summed E-state index contributed by atoms with van der Waals surface area (Å²) in [5.41, 5.74) is 2.45. The van der Waals surface area contributed by atoms with Gasteiger partial charge >= 0.3 is 0 Å². The lowest BCUT2D eigenvalue weighted by Crippen LogP contribution is -2.45. The van der Waals surface area contributed by atoms with Crippen LogP contribution in [0.1, 0.15) is 41.6 Å². The van der Waals surface area contributed by atoms with E-state index in [1.165, 1.54) is 0 Å². The molecule has 1 N–H and O–H groups in total. The van der Waals surface area contributed by atoms with Crippen molar-refractivity contribution in [3.8, 4) is 0 Å². The Hall–Kier alpha value is -2.67. The van der Waals surface area contributed by atoms with Crippen molar-refractivity contribution in [2.45, 2.75) is 38.3 Å². The van der Waals surface area contributed by atoms with E-state index in [1.54, 1.807) is 21.9 Å². The summed E-state index contributed by atoms with van der Waals surface area (Å²) in [7, 11) is 0. The molecule has 2 fully saturated rings. The van der Waals surface area contributed by atoms with Crippen molar-refractivity contribution < 1.29 is 14.4 Å². The maximum Gasteiger partial charge on any atom is 0.254 e. The lowest BCUT2D eigenvalue weighted by Gasteiger charge is -2.24. The molecular weight excluding hydrogens is 446 g/mol. The molecule has 7 heteroatoms. The Balaban J connectivity index is 1.35. The number of carbonyl (C=O) groups excluding carboxylic acids is 3. The van der Waals surface area contributed by atoms with E-state index in [0.717, 1.165) is 35.1 Å². The zero-order chi connectivity index (χ0) is 21.1. The molecule has 0 bridgehead atoms. The maximum absolute atomic E-state index is 12.8. The highest BCUT2D eigenvalue weighted by molar-refractivity contribution is 9.10. The molecule has 2 aromatic rings. The van der Waals surface area contributed by atoms with Gasteiger partial charge < -0.3 is 15.1 Å². The van der Waals surface area contributed by atoms with Gasteiger partial charge in [-0.25, -0.2) is 0 Å². The molecule has 0 aliphatic carbocycles. The van der Waals surface area contributed by atoms with E-state index in [0.29, 0.717) is 31.5 Å². The normalized spacial score (nSPS) is 18.7. The summed E-state index contributed by atoms with van der Waals surface area (Å²) < 4.78 is 0.912. The highest BCUT2D eigenvalue weighted by atomic mass is 79.9. The van der Waals surface area contributed by atoms with Crippen LogP contribution in [0.25, 0.3) is 0 Å². The van der Waals surface area contributed by atoms with Crippen LogP contribution >= 0.6 is 15.9 Å². The highest BCUT2D eigenvalue weighted by Gasteiger charge is 2.34. The second kappa shape index (κ2) is 9.00. The molecule has 0 radical (unpaired) electrons. The van der Waals surface area contributed by atoms with Crippen molar-refractivity contribution >= 4 is 39.3 Å². The zero-order valence-corrected chi connectivity index (χ0v) is 18.2. The van der Waals surface area contributed by atoms with Gasteiger partial charge in [0, 0.05) is 41.8 Å². The minimum absolute atomic E-state index is 0.111. The average molecular weight is 470 g/mol. The molecule has 0 saturated carbocycles. The smallest absolute Gasteiger partial charge is 0.254 e. The van der Waals surface area contributed by atoms with Gasteiger partial charge in [-0.1, -0.05) is 28.1 Å². The van der Waals surface area contributed by atoms with Crippen LogP contribution in [0.2, 0.25) is 0 Å². The molecule has 156 valence electrons. The Morgan fingerprint density at radius 2 is 1.73 bits per heavy atom. The van der Waals surface area contributed by atoms with Gasteiger partial charge in [0.2, 0.25) is 11.8 Å². The Morgan fingerprint density at radius 3 is 2.40 bits per heavy atom. The first-order valence-corrected chi connectivity index (χ1v) is 11.1. The molecule has 3 amide bonds. The van der Waals surface area contributed by atoms with Crippen LogP contribution in [-0.2, 0) is 16.1 Å². The van der Waals surface area contributed by atoms with E-state index < -0.39 is 6.04 Å². The number of hydrogen-bond donors (Lipinski definition) is 1. The summed E-state index contributed by atoms with van der Waals surface area (Å²) in [5.74, 6) is -0.0793. The summed E-state index contributed by atoms with van der Waals surface area (Å²) in [5, 5.41) is 2.96. The molecule has 30 heavy (non-hydrogen) atoms. The minimum atomic E-state index is -0.442. The lowest BCUT2D eigenvalue weighted by molar-refractivity contribution is -0.125. The van der Waals surface area contributed by atoms with Gasteiger partial charge in [-0.3, -0.25) is 14.4 Å². The molecule has 2 aliphatic heterocycles. The molecule has 0 spiro atoms. The first kappa shape index (κ1) is 20.6. The summed E-state index contributed by atoms with van der Waals surface area (Å²) in [6.45, 7) is 1.74. The first-order valence-electron chi connectivity index (χ1n) is 10.3. The van der Waals surface area contributed by atoms with E-state index in [1.807, 2.05) is 36.4 Å². The molecule has 2 saturated heterocycles. The molecule has 2 aromatic carbocycles. The number of rotatable bonds is 5. The van der Waals surface area contributed by atoms with Crippen molar-refractivity contribution in [1.82, 2.24) is 10.2 Å². The topological polar surface area (TPSA) is 69.7 Å². The van der Waals surface area contributed by atoms with Crippen molar-refractivity contribution in [2.75, 3.05) is 18.0 Å². The van der Waals surface area contributed by atoms with Gasteiger partial charge in [0.15, 0.2) is 0 Å².